The summed E-state index contributed by atoms with van der Waals surface area (Å²) >= 11 is 5.89. The first-order valence-electron chi connectivity index (χ1n) is 3.90. The molecule has 0 aromatic heterocycles. The second-order valence-corrected chi connectivity index (χ2v) is 3.38. The summed E-state index contributed by atoms with van der Waals surface area (Å²) in [5.41, 5.74) is 2.94. The highest BCUT2D eigenvalue weighted by atomic mass is 35.5. The Morgan fingerprint density at radius 2 is 2.23 bits per heavy atom. The van der Waals surface area contributed by atoms with Crippen LogP contribution in [-0.2, 0) is 11.4 Å². The van der Waals surface area contributed by atoms with Crippen molar-refractivity contribution in [1.29, 1.82) is 0 Å². The molecule has 2 N–H and O–H groups in total. The molecule has 0 amide bonds. The topological polar surface area (TPSA) is 35.2 Å². The predicted molar refractivity (Wildman–Crippen MR) is 55.1 cm³/mol. The number of benzene rings is 1. The van der Waals surface area contributed by atoms with Crippen molar-refractivity contribution in [3.63, 3.8) is 0 Å². The number of allylic oxidation sites excluding steroid dienone is 1. The molecule has 0 saturated carbocycles. The van der Waals surface area contributed by atoms with Crippen molar-refractivity contribution in [2.75, 3.05) is 0 Å². The minimum Gasteiger partial charge on any atom is -0.300 e. The van der Waals surface area contributed by atoms with Gasteiger partial charge in [-0.25, -0.2) is 5.90 Å². The van der Waals surface area contributed by atoms with Gasteiger partial charge in [0.15, 0.2) is 0 Å². The lowest BCUT2D eigenvalue weighted by molar-refractivity contribution is 0.124. The van der Waals surface area contributed by atoms with Crippen LogP contribution in [-0.4, -0.2) is 0 Å². The van der Waals surface area contributed by atoms with Crippen LogP contribution in [0, 0.1) is 0 Å². The Kier molecular flexibility index (Phi) is 3.48. The zero-order valence-electron chi connectivity index (χ0n) is 7.51. The molecular formula is C10H12ClNO. The summed E-state index contributed by atoms with van der Waals surface area (Å²) in [6.45, 7) is 6.13. The van der Waals surface area contributed by atoms with Gasteiger partial charge in [0.05, 0.1) is 6.61 Å². The molecule has 0 aliphatic heterocycles. The zero-order valence-corrected chi connectivity index (χ0v) is 8.27. The van der Waals surface area contributed by atoms with E-state index in [2.05, 4.69) is 11.4 Å². The van der Waals surface area contributed by atoms with Gasteiger partial charge < -0.3 is 0 Å². The minimum absolute atomic E-state index is 0.362. The Morgan fingerprint density at radius 3 is 2.77 bits per heavy atom. The highest BCUT2D eigenvalue weighted by Crippen LogP contribution is 2.20. The van der Waals surface area contributed by atoms with Crippen LogP contribution >= 0.6 is 11.6 Å². The number of rotatable bonds is 3. The maximum atomic E-state index is 5.89. The van der Waals surface area contributed by atoms with E-state index in [0.717, 1.165) is 16.7 Å². The van der Waals surface area contributed by atoms with Gasteiger partial charge in [-0.1, -0.05) is 23.8 Å². The highest BCUT2D eigenvalue weighted by Gasteiger charge is 2.00. The summed E-state index contributed by atoms with van der Waals surface area (Å²) in [7, 11) is 0. The van der Waals surface area contributed by atoms with Crippen molar-refractivity contribution >= 4 is 17.2 Å². The first kappa shape index (κ1) is 10.3. The molecule has 0 fully saturated rings. The molecule has 1 aromatic rings. The fourth-order valence-electron chi connectivity index (χ4n) is 1.08. The van der Waals surface area contributed by atoms with Crippen molar-refractivity contribution < 1.29 is 4.84 Å². The van der Waals surface area contributed by atoms with Crippen molar-refractivity contribution in [3.8, 4) is 0 Å². The van der Waals surface area contributed by atoms with E-state index in [-0.39, 0.29) is 0 Å². The standard InChI is InChI=1S/C10H12ClNO/c1-7(2)9-3-8(6-13-12)4-10(11)5-9/h3-5H,1,6,12H2,2H3. The molecule has 3 heteroatoms. The third-order valence-corrected chi connectivity index (χ3v) is 1.92. The number of halogens is 1. The maximum Gasteiger partial charge on any atom is 0.0930 e. The van der Waals surface area contributed by atoms with E-state index in [1.807, 2.05) is 25.1 Å². The molecule has 1 rings (SSSR count). The largest absolute Gasteiger partial charge is 0.300 e. The molecule has 0 bridgehead atoms. The zero-order chi connectivity index (χ0) is 9.84. The molecule has 0 spiro atoms. The summed E-state index contributed by atoms with van der Waals surface area (Å²) in [6.07, 6.45) is 0. The van der Waals surface area contributed by atoms with Gasteiger partial charge in [0, 0.05) is 5.02 Å². The van der Waals surface area contributed by atoms with Crippen LogP contribution in [0.4, 0.5) is 0 Å². The molecular weight excluding hydrogens is 186 g/mol. The normalized spacial score (nSPS) is 10.1. The Morgan fingerprint density at radius 1 is 1.54 bits per heavy atom. The van der Waals surface area contributed by atoms with Crippen LogP contribution in [0.5, 0.6) is 0 Å². The Bertz CT molecular complexity index is 323. The quantitative estimate of drug-likeness (QED) is 0.757. The first-order chi connectivity index (χ1) is 6.13. The molecule has 1 aromatic carbocycles. The van der Waals surface area contributed by atoms with E-state index in [4.69, 9.17) is 17.5 Å². The fourth-order valence-corrected chi connectivity index (χ4v) is 1.33. The van der Waals surface area contributed by atoms with Crippen molar-refractivity contribution in [2.45, 2.75) is 13.5 Å². The van der Waals surface area contributed by atoms with Crippen LogP contribution in [0.2, 0.25) is 5.02 Å². The Balaban J connectivity index is 3.03. The second-order valence-electron chi connectivity index (χ2n) is 2.94. The van der Waals surface area contributed by atoms with E-state index >= 15 is 0 Å². The van der Waals surface area contributed by atoms with E-state index < -0.39 is 0 Å². The average Bonchev–Trinajstić information content (AvgIpc) is 2.03. The minimum atomic E-state index is 0.362. The van der Waals surface area contributed by atoms with Crippen LogP contribution in [0.25, 0.3) is 5.57 Å². The molecule has 0 atom stereocenters. The summed E-state index contributed by atoms with van der Waals surface area (Å²) in [5.74, 6) is 4.97. The van der Waals surface area contributed by atoms with Gasteiger partial charge in [-0.2, -0.15) is 0 Å². The third kappa shape index (κ3) is 2.84. The maximum absolute atomic E-state index is 5.89. The monoisotopic (exact) mass is 197 g/mol. The summed E-state index contributed by atoms with van der Waals surface area (Å²) in [5, 5.41) is 0.674. The van der Waals surface area contributed by atoms with Gasteiger partial charge in [0.25, 0.3) is 0 Å². The summed E-state index contributed by atoms with van der Waals surface area (Å²) in [6, 6.07) is 5.64. The fraction of sp³-hybridized carbons (Fsp3) is 0.200. The molecule has 0 aliphatic rings. The molecule has 13 heavy (non-hydrogen) atoms. The summed E-state index contributed by atoms with van der Waals surface area (Å²) in [4.78, 5) is 4.53. The third-order valence-electron chi connectivity index (χ3n) is 1.70. The van der Waals surface area contributed by atoms with Gasteiger partial charge >= 0.3 is 0 Å². The second kappa shape index (κ2) is 4.42. The van der Waals surface area contributed by atoms with E-state index in [1.165, 1.54) is 0 Å². The van der Waals surface area contributed by atoms with Gasteiger partial charge in [-0.15, -0.1) is 0 Å². The Hall–Kier alpha value is -0.830. The van der Waals surface area contributed by atoms with Crippen molar-refractivity contribution in [1.82, 2.24) is 0 Å². The van der Waals surface area contributed by atoms with Gasteiger partial charge in [0.1, 0.15) is 0 Å². The highest BCUT2D eigenvalue weighted by molar-refractivity contribution is 6.30. The van der Waals surface area contributed by atoms with Crippen LogP contribution in [0.3, 0.4) is 0 Å². The molecule has 70 valence electrons. The molecule has 0 heterocycles. The van der Waals surface area contributed by atoms with E-state index in [9.17, 15) is 0 Å². The molecule has 0 unspecified atom stereocenters. The lowest BCUT2D eigenvalue weighted by Crippen LogP contribution is -1.99. The molecule has 0 aliphatic carbocycles. The average molecular weight is 198 g/mol. The van der Waals surface area contributed by atoms with Gasteiger partial charge in [-0.3, -0.25) is 4.84 Å². The lowest BCUT2D eigenvalue weighted by Gasteiger charge is -2.04. The SMILES string of the molecule is C=C(C)c1cc(Cl)cc(CON)c1. The van der Waals surface area contributed by atoms with E-state index in [0.29, 0.717) is 11.6 Å². The van der Waals surface area contributed by atoms with Crippen LogP contribution in [0.1, 0.15) is 18.1 Å². The van der Waals surface area contributed by atoms with Crippen molar-refractivity contribution in [3.05, 3.63) is 40.9 Å². The number of hydrogen-bond donors (Lipinski definition) is 1. The van der Waals surface area contributed by atoms with Crippen LogP contribution < -0.4 is 5.90 Å². The first-order valence-corrected chi connectivity index (χ1v) is 4.28. The van der Waals surface area contributed by atoms with Crippen LogP contribution in [0.15, 0.2) is 24.8 Å². The summed E-state index contributed by atoms with van der Waals surface area (Å²) < 4.78 is 0. The lowest BCUT2D eigenvalue weighted by atomic mass is 10.1. The molecule has 0 saturated heterocycles. The van der Waals surface area contributed by atoms with E-state index in [1.54, 1.807) is 0 Å². The van der Waals surface area contributed by atoms with Gasteiger partial charge in [-0.05, 0) is 36.2 Å². The Labute approximate surface area is 82.9 Å². The molecule has 2 nitrogen and oxygen atoms in total. The predicted octanol–water partition coefficient (Wildman–Crippen LogP) is 2.76. The van der Waals surface area contributed by atoms with Gasteiger partial charge in [0.2, 0.25) is 0 Å². The number of nitrogens with two attached hydrogens (primary N) is 1. The molecule has 0 radical (unpaired) electrons. The van der Waals surface area contributed by atoms with Crippen molar-refractivity contribution in [2.24, 2.45) is 5.90 Å². The smallest absolute Gasteiger partial charge is 0.0930 e. The number of hydrogen-bond acceptors (Lipinski definition) is 2.